The third kappa shape index (κ3) is 2.78. The van der Waals surface area contributed by atoms with Crippen LogP contribution in [0.5, 0.6) is 11.6 Å². The molecule has 0 saturated carbocycles. The van der Waals surface area contributed by atoms with Crippen molar-refractivity contribution in [1.82, 2.24) is 19.1 Å². The maximum Gasteiger partial charge on any atom is 0.330 e. The van der Waals surface area contributed by atoms with Crippen molar-refractivity contribution in [3.63, 3.8) is 0 Å². The van der Waals surface area contributed by atoms with Crippen LogP contribution in [-0.4, -0.2) is 19.1 Å². The summed E-state index contributed by atoms with van der Waals surface area (Å²) in [6, 6.07) is 19.2. The Labute approximate surface area is 144 Å². The van der Waals surface area contributed by atoms with Gasteiger partial charge in [0.1, 0.15) is 12.1 Å². The zero-order chi connectivity index (χ0) is 17.2. The first-order valence-electron chi connectivity index (χ1n) is 7.91. The summed E-state index contributed by atoms with van der Waals surface area (Å²) in [6.45, 7) is 0.426. The van der Waals surface area contributed by atoms with Gasteiger partial charge >= 0.3 is 5.69 Å². The Balaban J connectivity index is 1.87. The van der Waals surface area contributed by atoms with Gasteiger partial charge in [-0.2, -0.15) is 4.98 Å². The highest BCUT2D eigenvalue weighted by Crippen LogP contribution is 2.26. The second-order valence-electron chi connectivity index (χ2n) is 5.68. The van der Waals surface area contributed by atoms with Gasteiger partial charge in [0.15, 0.2) is 11.2 Å². The topological polar surface area (TPSA) is 61.9 Å². The lowest BCUT2D eigenvalue weighted by Crippen LogP contribution is -2.22. The van der Waals surface area contributed by atoms with E-state index in [1.807, 2.05) is 60.7 Å². The number of rotatable bonds is 4. The predicted molar refractivity (Wildman–Crippen MR) is 94.8 cm³/mol. The lowest BCUT2D eigenvalue weighted by molar-refractivity contribution is 0.464. The van der Waals surface area contributed by atoms with Crippen LogP contribution in [0.1, 0.15) is 5.56 Å². The molecule has 0 atom stereocenters. The number of aryl methyl sites for hydroxylation is 1. The maximum atomic E-state index is 12.7. The fourth-order valence-electron chi connectivity index (χ4n) is 2.79. The smallest absolute Gasteiger partial charge is 0.330 e. The highest BCUT2D eigenvalue weighted by atomic mass is 16.5. The lowest BCUT2D eigenvalue weighted by Gasteiger charge is -2.08. The summed E-state index contributed by atoms with van der Waals surface area (Å²) in [5.74, 6) is 1.02. The molecule has 2 heterocycles. The zero-order valence-electron chi connectivity index (χ0n) is 13.7. The molecule has 0 bridgehead atoms. The molecule has 6 nitrogen and oxygen atoms in total. The molecule has 0 N–H and O–H groups in total. The van der Waals surface area contributed by atoms with E-state index in [0.29, 0.717) is 29.3 Å². The number of fused-ring (bicyclic) bond motifs is 1. The standard InChI is InChI=1S/C19H16N4O2/c1-22-17-16(23(19(22)24)12-14-8-4-2-5-9-14)18(21-13-20-17)25-15-10-6-3-7-11-15/h2-11,13H,12H2,1H3. The minimum absolute atomic E-state index is 0.155. The van der Waals surface area contributed by atoms with E-state index in [9.17, 15) is 4.79 Å². The molecule has 0 fully saturated rings. The largest absolute Gasteiger partial charge is 0.437 e. The molecule has 0 saturated heterocycles. The molecule has 6 heteroatoms. The molecule has 4 aromatic rings. The van der Waals surface area contributed by atoms with Gasteiger partial charge in [-0.15, -0.1) is 0 Å². The van der Waals surface area contributed by atoms with Crippen molar-refractivity contribution in [1.29, 1.82) is 0 Å². The van der Waals surface area contributed by atoms with Gasteiger partial charge in [-0.3, -0.25) is 9.13 Å². The molecular weight excluding hydrogens is 316 g/mol. The van der Waals surface area contributed by atoms with Crippen LogP contribution in [-0.2, 0) is 13.6 Å². The Hall–Kier alpha value is -3.41. The Morgan fingerprint density at radius 2 is 1.64 bits per heavy atom. The lowest BCUT2D eigenvalue weighted by atomic mass is 10.2. The molecular formula is C19H16N4O2. The van der Waals surface area contributed by atoms with Crippen molar-refractivity contribution < 1.29 is 4.74 Å². The van der Waals surface area contributed by atoms with E-state index in [2.05, 4.69) is 9.97 Å². The minimum atomic E-state index is -0.155. The number of aromatic nitrogens is 4. The summed E-state index contributed by atoms with van der Waals surface area (Å²) >= 11 is 0. The Kier molecular flexibility index (Phi) is 3.78. The average Bonchev–Trinajstić information content (AvgIpc) is 2.89. The molecule has 0 unspecified atom stereocenters. The molecule has 2 aromatic carbocycles. The maximum absolute atomic E-state index is 12.7. The van der Waals surface area contributed by atoms with Crippen LogP contribution in [0.4, 0.5) is 0 Å². The van der Waals surface area contributed by atoms with Gasteiger partial charge in [0.05, 0.1) is 6.54 Å². The zero-order valence-corrected chi connectivity index (χ0v) is 13.7. The van der Waals surface area contributed by atoms with Crippen molar-refractivity contribution in [2.24, 2.45) is 7.05 Å². The highest BCUT2D eigenvalue weighted by Gasteiger charge is 2.18. The van der Waals surface area contributed by atoms with Gasteiger partial charge in [-0.25, -0.2) is 9.78 Å². The Bertz CT molecular complexity index is 1070. The van der Waals surface area contributed by atoms with Crippen LogP contribution >= 0.6 is 0 Å². The van der Waals surface area contributed by atoms with Crippen LogP contribution in [0.15, 0.2) is 71.8 Å². The van der Waals surface area contributed by atoms with Crippen molar-refractivity contribution >= 4 is 11.2 Å². The number of ether oxygens (including phenoxy) is 1. The number of nitrogens with zero attached hydrogens (tertiary/aromatic N) is 4. The summed E-state index contributed by atoms with van der Waals surface area (Å²) in [6.07, 6.45) is 1.41. The minimum Gasteiger partial charge on any atom is -0.437 e. The Morgan fingerprint density at radius 3 is 2.36 bits per heavy atom. The van der Waals surface area contributed by atoms with Gasteiger partial charge < -0.3 is 4.74 Å². The predicted octanol–water partition coefficient (Wildman–Crippen LogP) is 2.97. The molecule has 0 aliphatic heterocycles. The number of benzene rings is 2. The number of para-hydroxylation sites is 1. The SMILES string of the molecule is Cn1c(=O)n(Cc2ccccc2)c2c(Oc3ccccc3)ncnc21. The molecule has 0 amide bonds. The van der Waals surface area contributed by atoms with Crippen LogP contribution in [0.3, 0.4) is 0 Å². The molecule has 0 aliphatic carbocycles. The van der Waals surface area contributed by atoms with Gasteiger partial charge in [0.25, 0.3) is 0 Å². The first kappa shape index (κ1) is 15.1. The van der Waals surface area contributed by atoms with Crippen LogP contribution in [0, 0.1) is 0 Å². The summed E-state index contributed by atoms with van der Waals surface area (Å²) in [5.41, 5.74) is 1.99. The third-order valence-corrected chi connectivity index (χ3v) is 4.02. The second kappa shape index (κ2) is 6.24. The normalized spacial score (nSPS) is 10.9. The van der Waals surface area contributed by atoms with E-state index in [0.717, 1.165) is 5.56 Å². The highest BCUT2D eigenvalue weighted by molar-refractivity contribution is 5.77. The van der Waals surface area contributed by atoms with Gasteiger partial charge in [0, 0.05) is 7.05 Å². The van der Waals surface area contributed by atoms with E-state index in [1.54, 1.807) is 11.6 Å². The van der Waals surface area contributed by atoms with Gasteiger partial charge in [-0.05, 0) is 17.7 Å². The fourth-order valence-corrected chi connectivity index (χ4v) is 2.79. The number of hydrogen-bond donors (Lipinski definition) is 0. The summed E-state index contributed by atoms with van der Waals surface area (Å²) in [5, 5.41) is 0. The molecule has 25 heavy (non-hydrogen) atoms. The molecule has 124 valence electrons. The molecule has 0 radical (unpaired) electrons. The summed E-state index contributed by atoms with van der Waals surface area (Å²) in [4.78, 5) is 21.2. The van der Waals surface area contributed by atoms with Crippen LogP contribution in [0.2, 0.25) is 0 Å². The van der Waals surface area contributed by atoms with Crippen molar-refractivity contribution in [2.45, 2.75) is 6.54 Å². The number of imidazole rings is 1. The van der Waals surface area contributed by atoms with Crippen LogP contribution < -0.4 is 10.4 Å². The molecule has 0 spiro atoms. The first-order chi connectivity index (χ1) is 12.2. The van der Waals surface area contributed by atoms with Crippen molar-refractivity contribution in [3.8, 4) is 11.6 Å². The first-order valence-corrected chi connectivity index (χ1v) is 7.91. The van der Waals surface area contributed by atoms with E-state index in [-0.39, 0.29) is 5.69 Å². The second-order valence-corrected chi connectivity index (χ2v) is 5.68. The quantitative estimate of drug-likeness (QED) is 0.576. The monoisotopic (exact) mass is 332 g/mol. The molecule has 4 rings (SSSR count). The van der Waals surface area contributed by atoms with E-state index in [4.69, 9.17) is 4.74 Å². The summed E-state index contributed by atoms with van der Waals surface area (Å²) < 4.78 is 9.07. The molecule has 0 aliphatic rings. The van der Waals surface area contributed by atoms with Crippen molar-refractivity contribution in [3.05, 3.63) is 83.0 Å². The van der Waals surface area contributed by atoms with Gasteiger partial charge in [-0.1, -0.05) is 48.5 Å². The van der Waals surface area contributed by atoms with E-state index >= 15 is 0 Å². The molecule has 2 aromatic heterocycles. The van der Waals surface area contributed by atoms with E-state index in [1.165, 1.54) is 10.9 Å². The Morgan fingerprint density at radius 1 is 0.960 bits per heavy atom. The average molecular weight is 332 g/mol. The van der Waals surface area contributed by atoms with Crippen molar-refractivity contribution in [2.75, 3.05) is 0 Å². The third-order valence-electron chi connectivity index (χ3n) is 4.02. The van der Waals surface area contributed by atoms with Crippen LogP contribution in [0.25, 0.3) is 11.2 Å². The summed E-state index contributed by atoms with van der Waals surface area (Å²) in [7, 11) is 1.70. The fraction of sp³-hybridized carbons (Fsp3) is 0.105. The number of hydrogen-bond acceptors (Lipinski definition) is 4. The van der Waals surface area contributed by atoms with Gasteiger partial charge in [0.2, 0.25) is 5.88 Å². The van der Waals surface area contributed by atoms with E-state index < -0.39 is 0 Å².